The number of ether oxygens (including phenoxy) is 2. The number of fused-ring (bicyclic) bond motifs is 5. The van der Waals surface area contributed by atoms with E-state index < -0.39 is 0 Å². The zero-order chi connectivity index (χ0) is 15.8. The first kappa shape index (κ1) is 14.4. The summed E-state index contributed by atoms with van der Waals surface area (Å²) in [6.45, 7) is 0. The molecule has 1 atom stereocenters. The van der Waals surface area contributed by atoms with Crippen molar-refractivity contribution in [2.45, 2.75) is 44.6 Å². The highest BCUT2D eigenvalue weighted by Gasteiger charge is 2.24. The van der Waals surface area contributed by atoms with Crippen LogP contribution in [0.15, 0.2) is 30.3 Å². The van der Waals surface area contributed by atoms with Gasteiger partial charge in [-0.3, -0.25) is 0 Å². The number of phenolic OH excluding ortho intramolecular Hbond substituents is 1. The molecule has 3 nitrogen and oxygen atoms in total. The van der Waals surface area contributed by atoms with Crippen LogP contribution in [0.5, 0.6) is 17.2 Å². The average Bonchev–Trinajstić information content (AvgIpc) is 2.70. The molecule has 0 radical (unpaired) electrons. The van der Waals surface area contributed by atoms with Crippen LogP contribution in [0.25, 0.3) is 11.1 Å². The van der Waals surface area contributed by atoms with Crippen molar-refractivity contribution >= 4 is 0 Å². The molecule has 3 aliphatic rings. The first-order chi connectivity index (χ1) is 11.2. The smallest absolute Gasteiger partial charge is 0.169 e. The number of benzene rings is 2. The van der Waals surface area contributed by atoms with Gasteiger partial charge in [-0.05, 0) is 73.9 Å². The van der Waals surface area contributed by atoms with E-state index in [0.717, 1.165) is 61.2 Å². The van der Waals surface area contributed by atoms with Gasteiger partial charge in [-0.2, -0.15) is 0 Å². The van der Waals surface area contributed by atoms with Crippen molar-refractivity contribution in [1.29, 1.82) is 0 Å². The number of hydrogen-bond acceptors (Lipinski definition) is 3. The SMILES string of the molecule is COc1cc2cc3c1O[C@H](CCCc1ccc(O)c-3c1)CCC2. The van der Waals surface area contributed by atoms with E-state index in [1.165, 1.54) is 11.1 Å². The first-order valence-corrected chi connectivity index (χ1v) is 8.44. The van der Waals surface area contributed by atoms with Crippen LogP contribution in [0.1, 0.15) is 36.8 Å². The van der Waals surface area contributed by atoms with Gasteiger partial charge in [-0.15, -0.1) is 0 Å². The summed E-state index contributed by atoms with van der Waals surface area (Å²) in [5.74, 6) is 1.85. The predicted octanol–water partition coefficient (Wildman–Crippen LogP) is 4.49. The Labute approximate surface area is 136 Å². The van der Waals surface area contributed by atoms with Gasteiger partial charge in [-0.25, -0.2) is 0 Å². The van der Waals surface area contributed by atoms with Crippen molar-refractivity contribution in [2.24, 2.45) is 0 Å². The van der Waals surface area contributed by atoms with E-state index in [9.17, 15) is 5.11 Å². The maximum atomic E-state index is 10.4. The summed E-state index contributed by atoms with van der Waals surface area (Å²) in [5.41, 5.74) is 4.31. The molecule has 23 heavy (non-hydrogen) atoms. The zero-order valence-corrected chi connectivity index (χ0v) is 13.5. The van der Waals surface area contributed by atoms with E-state index >= 15 is 0 Å². The fraction of sp³-hybridized carbons (Fsp3) is 0.400. The molecule has 3 heteroatoms. The van der Waals surface area contributed by atoms with E-state index in [-0.39, 0.29) is 6.10 Å². The Morgan fingerprint density at radius 2 is 1.74 bits per heavy atom. The molecule has 6 bridgehead atoms. The van der Waals surface area contributed by atoms with Crippen molar-refractivity contribution in [3.05, 3.63) is 41.5 Å². The van der Waals surface area contributed by atoms with Crippen molar-refractivity contribution in [2.75, 3.05) is 7.11 Å². The summed E-state index contributed by atoms with van der Waals surface area (Å²) in [6, 6.07) is 10.1. The van der Waals surface area contributed by atoms with Gasteiger partial charge in [0.15, 0.2) is 11.5 Å². The van der Waals surface area contributed by atoms with Crippen molar-refractivity contribution in [1.82, 2.24) is 0 Å². The summed E-state index contributed by atoms with van der Waals surface area (Å²) in [6.07, 6.45) is 6.61. The highest BCUT2D eigenvalue weighted by atomic mass is 16.5. The van der Waals surface area contributed by atoms with Crippen molar-refractivity contribution < 1.29 is 14.6 Å². The molecule has 3 heterocycles. The molecule has 0 fully saturated rings. The predicted molar refractivity (Wildman–Crippen MR) is 90.4 cm³/mol. The topological polar surface area (TPSA) is 38.7 Å². The van der Waals surface area contributed by atoms with Crippen LogP contribution in [-0.2, 0) is 12.8 Å². The van der Waals surface area contributed by atoms with E-state index in [4.69, 9.17) is 9.47 Å². The molecule has 0 saturated heterocycles. The van der Waals surface area contributed by atoms with Gasteiger partial charge in [0.05, 0.1) is 13.2 Å². The molecule has 0 aliphatic carbocycles. The Kier molecular flexibility index (Phi) is 3.64. The Hall–Kier alpha value is -2.16. The van der Waals surface area contributed by atoms with Crippen LogP contribution in [0.4, 0.5) is 0 Å². The Morgan fingerprint density at radius 3 is 2.52 bits per heavy atom. The Bertz CT molecular complexity index is 736. The summed E-state index contributed by atoms with van der Waals surface area (Å²) >= 11 is 0. The average molecular weight is 310 g/mol. The van der Waals surface area contributed by atoms with Gasteiger partial charge in [0.1, 0.15) is 5.75 Å². The monoisotopic (exact) mass is 310 g/mol. The molecule has 3 aliphatic heterocycles. The van der Waals surface area contributed by atoms with Crippen LogP contribution in [0.2, 0.25) is 0 Å². The van der Waals surface area contributed by atoms with Crippen molar-refractivity contribution in [3.8, 4) is 28.4 Å². The molecule has 0 unspecified atom stereocenters. The lowest BCUT2D eigenvalue weighted by Gasteiger charge is -2.23. The Balaban J connectivity index is 2.00. The fourth-order valence-corrected chi connectivity index (χ4v) is 3.73. The lowest BCUT2D eigenvalue weighted by atomic mass is 9.95. The van der Waals surface area contributed by atoms with E-state index in [0.29, 0.717) is 5.75 Å². The number of methoxy groups -OCH3 is 1. The second kappa shape index (κ2) is 5.80. The molecule has 0 saturated carbocycles. The summed E-state index contributed by atoms with van der Waals surface area (Å²) in [7, 11) is 1.69. The fourth-order valence-electron chi connectivity index (χ4n) is 3.73. The summed E-state index contributed by atoms with van der Waals surface area (Å²) in [5, 5.41) is 10.4. The molecular formula is C20H22O3. The second-order valence-corrected chi connectivity index (χ2v) is 6.55. The minimum Gasteiger partial charge on any atom is -0.507 e. The zero-order valence-electron chi connectivity index (χ0n) is 13.5. The third-order valence-corrected chi connectivity index (χ3v) is 4.95. The van der Waals surface area contributed by atoms with Gasteiger partial charge in [0, 0.05) is 11.1 Å². The van der Waals surface area contributed by atoms with Gasteiger partial charge < -0.3 is 14.6 Å². The van der Waals surface area contributed by atoms with E-state index in [1.807, 2.05) is 6.07 Å². The molecular weight excluding hydrogens is 288 g/mol. The van der Waals surface area contributed by atoms with Gasteiger partial charge in [0.25, 0.3) is 0 Å². The normalized spacial score (nSPS) is 19.4. The van der Waals surface area contributed by atoms with Gasteiger partial charge >= 0.3 is 0 Å². The molecule has 0 aromatic heterocycles. The number of aryl methyl sites for hydroxylation is 2. The highest BCUT2D eigenvalue weighted by molar-refractivity contribution is 5.79. The van der Waals surface area contributed by atoms with Crippen LogP contribution in [-0.4, -0.2) is 18.3 Å². The minimum atomic E-state index is 0.218. The number of hydrogen-bond donors (Lipinski definition) is 1. The third-order valence-electron chi connectivity index (χ3n) is 4.95. The summed E-state index contributed by atoms with van der Waals surface area (Å²) < 4.78 is 12.0. The first-order valence-electron chi connectivity index (χ1n) is 8.44. The highest BCUT2D eigenvalue weighted by Crippen LogP contribution is 2.45. The summed E-state index contributed by atoms with van der Waals surface area (Å²) in [4.78, 5) is 0. The number of phenols is 1. The third kappa shape index (κ3) is 2.65. The molecule has 2 aromatic rings. The molecule has 0 amide bonds. The van der Waals surface area contributed by atoms with Crippen LogP contribution in [0.3, 0.4) is 0 Å². The quantitative estimate of drug-likeness (QED) is 0.843. The van der Waals surface area contributed by atoms with E-state index in [1.54, 1.807) is 13.2 Å². The molecule has 0 spiro atoms. The van der Waals surface area contributed by atoms with Gasteiger partial charge in [-0.1, -0.05) is 6.07 Å². The maximum Gasteiger partial charge on any atom is 0.169 e. The molecule has 2 aromatic carbocycles. The largest absolute Gasteiger partial charge is 0.507 e. The maximum absolute atomic E-state index is 10.4. The van der Waals surface area contributed by atoms with Crippen LogP contribution >= 0.6 is 0 Å². The van der Waals surface area contributed by atoms with Crippen LogP contribution < -0.4 is 9.47 Å². The Morgan fingerprint density at radius 1 is 1.00 bits per heavy atom. The number of rotatable bonds is 1. The standard InChI is InChI=1S/C20H22O3/c1-22-19-12-14-5-3-7-15-6-2-4-13-8-9-18(21)16(10-13)17(11-14)20(19)23-15/h8-12,15,21H,2-7H2,1H3/t15-/m1/s1. The van der Waals surface area contributed by atoms with Crippen molar-refractivity contribution in [3.63, 3.8) is 0 Å². The lowest BCUT2D eigenvalue weighted by molar-refractivity contribution is 0.171. The molecule has 120 valence electrons. The number of aromatic hydroxyl groups is 1. The van der Waals surface area contributed by atoms with E-state index in [2.05, 4.69) is 18.2 Å². The van der Waals surface area contributed by atoms with Crippen LogP contribution in [0, 0.1) is 0 Å². The second-order valence-electron chi connectivity index (χ2n) is 6.55. The van der Waals surface area contributed by atoms with Gasteiger partial charge in [0.2, 0.25) is 0 Å². The lowest BCUT2D eigenvalue weighted by Crippen LogP contribution is -2.18. The molecule has 1 N–H and O–H groups in total. The minimum absolute atomic E-state index is 0.218. The molecule has 5 rings (SSSR count).